The van der Waals surface area contributed by atoms with Gasteiger partial charge in [0.05, 0.1) is 5.60 Å². The molecule has 0 unspecified atom stereocenters. The monoisotopic (exact) mass is 258 g/mol. The van der Waals surface area contributed by atoms with Gasteiger partial charge in [0, 0.05) is 20.7 Å². The van der Waals surface area contributed by atoms with Gasteiger partial charge in [0.2, 0.25) is 0 Å². The van der Waals surface area contributed by atoms with Crippen LogP contribution in [-0.4, -0.2) is 53.8 Å². The second-order valence-electron chi connectivity index (χ2n) is 5.32. The molecule has 2 amide bonds. The average molecular weight is 258 g/mol. The average Bonchev–Trinajstić information content (AvgIpc) is 2.26. The highest BCUT2D eigenvalue weighted by molar-refractivity contribution is 5.85. The third-order valence-electron chi connectivity index (χ3n) is 3.93. The van der Waals surface area contributed by atoms with E-state index in [2.05, 4.69) is 5.32 Å². The predicted molar refractivity (Wildman–Crippen MR) is 66.5 cm³/mol. The molecule has 18 heavy (non-hydrogen) atoms. The van der Waals surface area contributed by atoms with E-state index in [1.807, 2.05) is 0 Å². The van der Waals surface area contributed by atoms with Crippen LogP contribution in [0.4, 0.5) is 4.79 Å². The van der Waals surface area contributed by atoms with Gasteiger partial charge in [0.15, 0.2) is 0 Å². The van der Waals surface area contributed by atoms with Gasteiger partial charge in [-0.25, -0.2) is 9.59 Å². The van der Waals surface area contributed by atoms with E-state index in [4.69, 9.17) is 9.84 Å². The van der Waals surface area contributed by atoms with Crippen LogP contribution in [0.3, 0.4) is 0 Å². The van der Waals surface area contributed by atoms with Crippen molar-refractivity contribution in [1.29, 1.82) is 0 Å². The molecule has 1 saturated carbocycles. The smallest absolute Gasteiger partial charge is 0.329 e. The van der Waals surface area contributed by atoms with E-state index >= 15 is 0 Å². The maximum atomic E-state index is 11.9. The highest BCUT2D eigenvalue weighted by Gasteiger charge is 2.39. The van der Waals surface area contributed by atoms with Crippen molar-refractivity contribution in [3.63, 3.8) is 0 Å². The maximum absolute atomic E-state index is 11.9. The minimum Gasteiger partial charge on any atom is -0.480 e. The van der Waals surface area contributed by atoms with Crippen LogP contribution in [0.15, 0.2) is 0 Å². The first-order chi connectivity index (χ1) is 8.25. The Bertz CT molecular complexity index is 331. The molecule has 104 valence electrons. The van der Waals surface area contributed by atoms with Gasteiger partial charge in [-0.2, -0.15) is 0 Å². The predicted octanol–water partition coefficient (Wildman–Crippen LogP) is 1.06. The van der Waals surface area contributed by atoms with Gasteiger partial charge >= 0.3 is 12.0 Å². The van der Waals surface area contributed by atoms with Crippen LogP contribution in [-0.2, 0) is 9.53 Å². The number of likely N-dealkylation sites (N-methyl/N-ethyl adjacent to an activating group) is 1. The molecule has 1 rings (SSSR count). The normalized spacial score (nSPS) is 17.8. The Hall–Kier alpha value is -1.30. The summed E-state index contributed by atoms with van der Waals surface area (Å²) in [5, 5.41) is 11.8. The van der Waals surface area contributed by atoms with Gasteiger partial charge in [-0.15, -0.1) is 0 Å². The van der Waals surface area contributed by atoms with Crippen molar-refractivity contribution < 1.29 is 19.4 Å². The number of amides is 2. The van der Waals surface area contributed by atoms with Crippen molar-refractivity contribution in [2.24, 2.45) is 0 Å². The van der Waals surface area contributed by atoms with E-state index < -0.39 is 17.5 Å². The Morgan fingerprint density at radius 2 is 2.00 bits per heavy atom. The molecule has 0 saturated heterocycles. The molecule has 0 bridgehead atoms. The number of nitrogens with zero attached hydrogens (tertiary/aromatic N) is 1. The number of carbonyl (C=O) groups excluding carboxylic acids is 1. The first-order valence-electron chi connectivity index (χ1n) is 6.05. The lowest BCUT2D eigenvalue weighted by Gasteiger charge is -2.41. The molecule has 2 N–H and O–H groups in total. The standard InChI is InChI=1S/C12H22N2O4/c1-11(2,9(15)16)14(3)10(17)13-8-12(18-4)6-5-7-12/h5-8H2,1-4H3,(H,13,17)(H,15,16). The number of rotatable bonds is 5. The van der Waals surface area contributed by atoms with Gasteiger partial charge in [-0.05, 0) is 33.1 Å². The molecule has 0 spiro atoms. The fraction of sp³-hybridized carbons (Fsp3) is 0.833. The summed E-state index contributed by atoms with van der Waals surface area (Å²) < 4.78 is 5.39. The number of hydrogen-bond donors (Lipinski definition) is 2. The van der Waals surface area contributed by atoms with Crippen molar-refractivity contribution >= 4 is 12.0 Å². The Balaban J connectivity index is 2.53. The van der Waals surface area contributed by atoms with Gasteiger partial charge in [-0.1, -0.05) is 0 Å². The van der Waals surface area contributed by atoms with Crippen LogP contribution < -0.4 is 5.32 Å². The minimum atomic E-state index is -1.23. The second kappa shape index (κ2) is 5.14. The molecule has 0 aromatic rings. The Morgan fingerprint density at radius 1 is 1.44 bits per heavy atom. The summed E-state index contributed by atoms with van der Waals surface area (Å²) >= 11 is 0. The third kappa shape index (κ3) is 2.75. The molecule has 0 heterocycles. The number of carboxylic acid groups (broad SMARTS) is 1. The highest BCUT2D eigenvalue weighted by Crippen LogP contribution is 2.34. The fourth-order valence-corrected chi connectivity index (χ4v) is 1.78. The van der Waals surface area contributed by atoms with E-state index in [-0.39, 0.29) is 5.60 Å². The summed E-state index contributed by atoms with van der Waals surface area (Å²) in [5.41, 5.74) is -1.49. The highest BCUT2D eigenvalue weighted by atomic mass is 16.5. The first kappa shape index (κ1) is 14.8. The van der Waals surface area contributed by atoms with Crippen LogP contribution in [0.2, 0.25) is 0 Å². The SMILES string of the molecule is COC1(CNC(=O)N(C)C(C)(C)C(=O)O)CCC1. The summed E-state index contributed by atoms with van der Waals surface area (Å²) in [7, 11) is 3.11. The number of aliphatic carboxylic acids is 1. The Kier molecular flexibility index (Phi) is 4.21. The minimum absolute atomic E-state index is 0.260. The summed E-state index contributed by atoms with van der Waals surface area (Å²) in [5.74, 6) is -1.04. The number of nitrogens with one attached hydrogen (secondary N) is 1. The molecule has 0 aliphatic heterocycles. The number of carbonyl (C=O) groups is 2. The fourth-order valence-electron chi connectivity index (χ4n) is 1.78. The Labute approximate surface area is 107 Å². The van der Waals surface area contributed by atoms with Crippen LogP contribution in [0.1, 0.15) is 33.1 Å². The topological polar surface area (TPSA) is 78.9 Å². The molecule has 0 aromatic carbocycles. The van der Waals surface area contributed by atoms with Crippen LogP contribution in [0, 0.1) is 0 Å². The zero-order chi connectivity index (χ0) is 14.0. The molecule has 0 aromatic heterocycles. The number of hydrogen-bond acceptors (Lipinski definition) is 3. The van der Waals surface area contributed by atoms with Crippen molar-refractivity contribution in [2.45, 2.75) is 44.2 Å². The molecule has 1 aliphatic rings. The zero-order valence-electron chi connectivity index (χ0n) is 11.4. The maximum Gasteiger partial charge on any atom is 0.329 e. The van der Waals surface area contributed by atoms with Gasteiger partial charge in [0.25, 0.3) is 0 Å². The van der Waals surface area contributed by atoms with E-state index in [1.165, 1.54) is 25.8 Å². The van der Waals surface area contributed by atoms with Crippen LogP contribution in [0.5, 0.6) is 0 Å². The summed E-state index contributed by atoms with van der Waals surface area (Å²) in [6.45, 7) is 3.40. The van der Waals surface area contributed by atoms with E-state index in [0.29, 0.717) is 6.54 Å². The lowest BCUT2D eigenvalue weighted by atomic mass is 9.80. The molecule has 0 atom stereocenters. The molecular formula is C12H22N2O4. The summed E-state index contributed by atoms with van der Waals surface area (Å²) in [6, 6.07) is -0.397. The number of carboxylic acids is 1. The summed E-state index contributed by atoms with van der Waals surface area (Å²) in [6.07, 6.45) is 2.95. The van der Waals surface area contributed by atoms with E-state index in [9.17, 15) is 9.59 Å². The van der Waals surface area contributed by atoms with E-state index in [0.717, 1.165) is 19.3 Å². The van der Waals surface area contributed by atoms with Gasteiger partial charge in [0.1, 0.15) is 5.54 Å². The zero-order valence-corrected chi connectivity index (χ0v) is 11.4. The second-order valence-corrected chi connectivity index (χ2v) is 5.32. The number of methoxy groups -OCH3 is 1. The largest absolute Gasteiger partial charge is 0.480 e. The lowest BCUT2D eigenvalue weighted by Crippen LogP contribution is -2.57. The van der Waals surface area contributed by atoms with Crippen molar-refractivity contribution in [1.82, 2.24) is 10.2 Å². The summed E-state index contributed by atoms with van der Waals surface area (Å²) in [4.78, 5) is 24.1. The number of urea groups is 1. The van der Waals surface area contributed by atoms with Crippen molar-refractivity contribution in [3.05, 3.63) is 0 Å². The quantitative estimate of drug-likeness (QED) is 0.773. The molecule has 1 aliphatic carbocycles. The molecule has 1 fully saturated rings. The Morgan fingerprint density at radius 3 is 2.33 bits per heavy atom. The van der Waals surface area contributed by atoms with Gasteiger partial charge in [-0.3, -0.25) is 0 Å². The van der Waals surface area contributed by atoms with E-state index in [1.54, 1.807) is 7.11 Å². The lowest BCUT2D eigenvalue weighted by molar-refractivity contribution is -0.146. The van der Waals surface area contributed by atoms with Crippen LogP contribution in [0.25, 0.3) is 0 Å². The molecular weight excluding hydrogens is 236 g/mol. The molecule has 0 radical (unpaired) electrons. The molecule has 6 heteroatoms. The number of ether oxygens (including phenoxy) is 1. The van der Waals surface area contributed by atoms with Crippen molar-refractivity contribution in [2.75, 3.05) is 20.7 Å². The van der Waals surface area contributed by atoms with Gasteiger partial charge < -0.3 is 20.1 Å². The molecule has 6 nitrogen and oxygen atoms in total. The van der Waals surface area contributed by atoms with Crippen molar-refractivity contribution in [3.8, 4) is 0 Å². The van der Waals surface area contributed by atoms with Crippen LogP contribution >= 0.6 is 0 Å². The third-order valence-corrected chi connectivity index (χ3v) is 3.93. The first-order valence-corrected chi connectivity index (χ1v) is 6.05.